The molecule has 142 valence electrons. The van der Waals surface area contributed by atoms with Gasteiger partial charge in [-0.25, -0.2) is 9.97 Å². The van der Waals surface area contributed by atoms with Crippen molar-refractivity contribution in [1.82, 2.24) is 29.6 Å². The Morgan fingerprint density at radius 2 is 2.14 bits per heavy atom. The Kier molecular flexibility index (Phi) is 5.14. The normalized spacial score (nSPS) is 11.0. The van der Waals surface area contributed by atoms with Crippen molar-refractivity contribution in [3.8, 4) is 11.3 Å². The van der Waals surface area contributed by atoms with Crippen LogP contribution >= 0.6 is 0 Å². The summed E-state index contributed by atoms with van der Waals surface area (Å²) in [5.41, 5.74) is 3.09. The number of hydrogen-bond acceptors (Lipinski definition) is 4. The van der Waals surface area contributed by atoms with Crippen LogP contribution in [0, 0.1) is 0 Å². The van der Waals surface area contributed by atoms with E-state index in [0.29, 0.717) is 12.1 Å². The smallest absolute Gasteiger partial charge is 0.252 e. The zero-order valence-corrected chi connectivity index (χ0v) is 15.7. The van der Waals surface area contributed by atoms with Crippen molar-refractivity contribution < 1.29 is 4.79 Å². The molecule has 28 heavy (non-hydrogen) atoms. The molecular weight excluding hydrogens is 352 g/mol. The maximum Gasteiger partial charge on any atom is 0.252 e. The molecule has 0 unspecified atom stereocenters. The summed E-state index contributed by atoms with van der Waals surface area (Å²) in [5, 5.41) is 8.20. The number of aryl methyl sites for hydroxylation is 2. The SMILES string of the molecule is CCn1cc(-c2cc(C(=O)NCCCn3ccnc3)c3ccccc3n2)cn1. The fourth-order valence-electron chi connectivity index (χ4n) is 3.16. The molecule has 0 atom stereocenters. The van der Waals surface area contributed by atoms with E-state index in [1.807, 2.05) is 58.9 Å². The lowest BCUT2D eigenvalue weighted by Gasteiger charge is -2.10. The maximum absolute atomic E-state index is 12.9. The van der Waals surface area contributed by atoms with E-state index in [2.05, 4.69) is 15.4 Å². The predicted octanol–water partition coefficient (Wildman–Crippen LogP) is 3.13. The molecule has 1 aromatic carbocycles. The van der Waals surface area contributed by atoms with Crippen molar-refractivity contribution in [2.75, 3.05) is 6.54 Å². The van der Waals surface area contributed by atoms with Crippen molar-refractivity contribution in [1.29, 1.82) is 0 Å². The van der Waals surface area contributed by atoms with Crippen molar-refractivity contribution in [3.05, 3.63) is 67.0 Å². The number of nitrogens with one attached hydrogen (secondary N) is 1. The first-order chi connectivity index (χ1) is 13.7. The first-order valence-corrected chi connectivity index (χ1v) is 9.41. The van der Waals surface area contributed by atoms with E-state index < -0.39 is 0 Å². The highest BCUT2D eigenvalue weighted by molar-refractivity contribution is 6.07. The second-order valence-electron chi connectivity index (χ2n) is 6.57. The summed E-state index contributed by atoms with van der Waals surface area (Å²) >= 11 is 0. The highest BCUT2D eigenvalue weighted by atomic mass is 16.1. The molecule has 7 heteroatoms. The van der Waals surface area contributed by atoms with Crippen LogP contribution in [0.3, 0.4) is 0 Å². The van der Waals surface area contributed by atoms with Gasteiger partial charge in [0, 0.05) is 49.2 Å². The molecule has 0 aliphatic rings. The highest BCUT2D eigenvalue weighted by Crippen LogP contribution is 2.24. The molecule has 0 fully saturated rings. The number of para-hydroxylation sites is 1. The standard InChI is InChI=1S/C21H22N6O/c1-2-27-14-16(13-24-27)20-12-18(17-6-3-4-7-19(17)25-20)21(28)23-8-5-10-26-11-9-22-15-26/h3-4,6-7,9,11-15H,2,5,8,10H2,1H3,(H,23,28). The van der Waals surface area contributed by atoms with Crippen LogP contribution in [-0.2, 0) is 13.1 Å². The summed E-state index contributed by atoms with van der Waals surface area (Å²) in [7, 11) is 0. The first-order valence-electron chi connectivity index (χ1n) is 9.41. The zero-order valence-electron chi connectivity index (χ0n) is 15.7. The highest BCUT2D eigenvalue weighted by Gasteiger charge is 2.14. The van der Waals surface area contributed by atoms with Crippen molar-refractivity contribution in [2.45, 2.75) is 26.4 Å². The summed E-state index contributed by atoms with van der Waals surface area (Å²) in [5.74, 6) is -0.0895. The average molecular weight is 374 g/mol. The molecule has 4 rings (SSSR count). The van der Waals surface area contributed by atoms with E-state index in [9.17, 15) is 4.79 Å². The van der Waals surface area contributed by atoms with Gasteiger partial charge in [-0.1, -0.05) is 18.2 Å². The first kappa shape index (κ1) is 17.9. The molecule has 0 bridgehead atoms. The van der Waals surface area contributed by atoms with Crippen molar-refractivity contribution in [3.63, 3.8) is 0 Å². The molecule has 1 amide bonds. The molecule has 3 heterocycles. The summed E-state index contributed by atoms with van der Waals surface area (Å²) in [6, 6.07) is 9.57. The average Bonchev–Trinajstić information content (AvgIpc) is 3.42. The minimum absolute atomic E-state index is 0.0895. The zero-order chi connectivity index (χ0) is 19.3. The van der Waals surface area contributed by atoms with Crippen LogP contribution in [-0.4, -0.2) is 36.8 Å². The molecule has 0 aliphatic carbocycles. The van der Waals surface area contributed by atoms with E-state index in [0.717, 1.165) is 41.7 Å². The van der Waals surface area contributed by atoms with Gasteiger partial charge in [-0.05, 0) is 25.5 Å². The Hall–Kier alpha value is -3.48. The van der Waals surface area contributed by atoms with Crippen LogP contribution in [0.1, 0.15) is 23.7 Å². The Balaban J connectivity index is 1.56. The van der Waals surface area contributed by atoms with Gasteiger partial charge in [0.05, 0.1) is 29.3 Å². The van der Waals surface area contributed by atoms with E-state index in [1.165, 1.54) is 0 Å². The molecule has 3 aromatic heterocycles. The minimum Gasteiger partial charge on any atom is -0.352 e. The molecule has 0 saturated carbocycles. The number of imidazole rings is 1. The second-order valence-corrected chi connectivity index (χ2v) is 6.57. The number of nitrogens with zero attached hydrogens (tertiary/aromatic N) is 5. The lowest BCUT2D eigenvalue weighted by molar-refractivity contribution is 0.0954. The van der Waals surface area contributed by atoms with Gasteiger partial charge in [0.2, 0.25) is 0 Å². The van der Waals surface area contributed by atoms with Gasteiger partial charge in [0.25, 0.3) is 5.91 Å². The van der Waals surface area contributed by atoms with Crippen molar-refractivity contribution >= 4 is 16.8 Å². The third-order valence-electron chi connectivity index (χ3n) is 4.65. The number of pyridine rings is 1. The van der Waals surface area contributed by atoms with Crippen LogP contribution in [0.15, 0.2) is 61.4 Å². The van der Waals surface area contributed by atoms with Gasteiger partial charge in [-0.3, -0.25) is 9.48 Å². The topological polar surface area (TPSA) is 77.6 Å². The number of benzene rings is 1. The number of amides is 1. The summed E-state index contributed by atoms with van der Waals surface area (Å²) in [6.07, 6.45) is 10.0. The van der Waals surface area contributed by atoms with Crippen molar-refractivity contribution in [2.24, 2.45) is 0 Å². The molecule has 0 aliphatic heterocycles. The maximum atomic E-state index is 12.9. The summed E-state index contributed by atoms with van der Waals surface area (Å²) in [6.45, 7) is 4.24. The summed E-state index contributed by atoms with van der Waals surface area (Å²) < 4.78 is 3.85. The fourth-order valence-corrected chi connectivity index (χ4v) is 3.16. The Bertz CT molecular complexity index is 1080. The molecule has 0 spiro atoms. The van der Waals surface area contributed by atoms with E-state index in [1.54, 1.807) is 18.7 Å². The Labute approximate surface area is 163 Å². The quantitative estimate of drug-likeness (QED) is 0.504. The van der Waals surface area contributed by atoms with E-state index in [4.69, 9.17) is 4.98 Å². The molecule has 1 N–H and O–H groups in total. The number of rotatable bonds is 7. The van der Waals surface area contributed by atoms with Crippen LogP contribution in [0.25, 0.3) is 22.2 Å². The van der Waals surface area contributed by atoms with Crippen LogP contribution in [0.5, 0.6) is 0 Å². The van der Waals surface area contributed by atoms with Gasteiger partial charge in [0.1, 0.15) is 0 Å². The largest absolute Gasteiger partial charge is 0.352 e. The van der Waals surface area contributed by atoms with E-state index in [-0.39, 0.29) is 5.91 Å². The van der Waals surface area contributed by atoms with Crippen LogP contribution in [0.2, 0.25) is 0 Å². The molecule has 4 aromatic rings. The Morgan fingerprint density at radius 3 is 2.93 bits per heavy atom. The summed E-state index contributed by atoms with van der Waals surface area (Å²) in [4.78, 5) is 21.6. The van der Waals surface area contributed by atoms with Gasteiger partial charge in [0.15, 0.2) is 0 Å². The van der Waals surface area contributed by atoms with Crippen LogP contribution < -0.4 is 5.32 Å². The molecule has 7 nitrogen and oxygen atoms in total. The monoisotopic (exact) mass is 374 g/mol. The number of fused-ring (bicyclic) bond motifs is 1. The molecule has 0 radical (unpaired) electrons. The number of carbonyl (C=O) groups excluding carboxylic acids is 1. The third-order valence-corrected chi connectivity index (χ3v) is 4.65. The minimum atomic E-state index is -0.0895. The lowest BCUT2D eigenvalue weighted by atomic mass is 10.0. The van der Waals surface area contributed by atoms with Gasteiger partial charge >= 0.3 is 0 Å². The second kappa shape index (κ2) is 8.04. The van der Waals surface area contributed by atoms with Crippen LogP contribution in [0.4, 0.5) is 0 Å². The fraction of sp³-hybridized carbons (Fsp3) is 0.238. The lowest BCUT2D eigenvalue weighted by Crippen LogP contribution is -2.25. The predicted molar refractivity (Wildman–Crippen MR) is 108 cm³/mol. The number of carbonyl (C=O) groups is 1. The van der Waals surface area contributed by atoms with Gasteiger partial charge in [-0.2, -0.15) is 5.10 Å². The molecular formula is C21H22N6O. The number of aromatic nitrogens is 5. The third kappa shape index (κ3) is 3.78. The van der Waals surface area contributed by atoms with E-state index >= 15 is 0 Å². The van der Waals surface area contributed by atoms with Gasteiger partial charge < -0.3 is 9.88 Å². The Morgan fingerprint density at radius 1 is 1.25 bits per heavy atom. The van der Waals surface area contributed by atoms with Gasteiger partial charge in [-0.15, -0.1) is 0 Å². The number of hydrogen-bond donors (Lipinski definition) is 1. The molecule has 0 saturated heterocycles.